The second-order valence-electron chi connectivity index (χ2n) is 13.6. The molecule has 5 heteroatoms. The van der Waals surface area contributed by atoms with Gasteiger partial charge in [0, 0.05) is 32.5 Å². The van der Waals surface area contributed by atoms with Gasteiger partial charge in [-0.25, -0.2) is 15.0 Å². The molecule has 0 N–H and O–H groups in total. The molecule has 11 rings (SSSR count). The van der Waals surface area contributed by atoms with Gasteiger partial charge < -0.3 is 0 Å². The zero-order valence-electron chi connectivity index (χ0n) is 27.0. The number of para-hydroxylation sites is 3. The number of benzene rings is 6. The summed E-state index contributed by atoms with van der Waals surface area (Å²) in [5.41, 5.74) is 13.0. The minimum atomic E-state index is -0.114. The van der Waals surface area contributed by atoms with Crippen LogP contribution in [-0.4, -0.2) is 23.9 Å². The molecule has 230 valence electrons. The highest BCUT2D eigenvalue weighted by atomic mass is 15.2. The molecule has 1 aliphatic carbocycles. The van der Waals surface area contributed by atoms with Gasteiger partial charge in [0.2, 0.25) is 5.95 Å². The number of fused-ring (bicyclic) bond motifs is 14. The summed E-state index contributed by atoms with van der Waals surface area (Å²) in [5, 5.41) is 5.60. The van der Waals surface area contributed by atoms with Crippen molar-refractivity contribution in [2.45, 2.75) is 19.3 Å². The third-order valence-corrected chi connectivity index (χ3v) is 10.7. The lowest BCUT2D eigenvalue weighted by Gasteiger charge is -2.21. The quantitative estimate of drug-likeness (QED) is 0.179. The van der Waals surface area contributed by atoms with E-state index in [4.69, 9.17) is 15.0 Å². The summed E-state index contributed by atoms with van der Waals surface area (Å²) in [6.45, 7) is 4.65. The molecule has 5 nitrogen and oxygen atoms in total. The van der Waals surface area contributed by atoms with Crippen LogP contribution in [0.5, 0.6) is 0 Å². The summed E-state index contributed by atoms with van der Waals surface area (Å²) in [4.78, 5) is 16.2. The maximum absolute atomic E-state index is 5.55. The zero-order chi connectivity index (χ0) is 32.4. The van der Waals surface area contributed by atoms with Crippen LogP contribution in [0.4, 0.5) is 0 Å². The lowest BCUT2D eigenvalue weighted by molar-refractivity contribution is 0.660. The van der Waals surface area contributed by atoms with Crippen molar-refractivity contribution in [2.24, 2.45) is 0 Å². The lowest BCUT2D eigenvalue weighted by Crippen LogP contribution is -2.14. The van der Waals surface area contributed by atoms with Crippen LogP contribution >= 0.6 is 0 Å². The van der Waals surface area contributed by atoms with Crippen LogP contribution in [-0.2, 0) is 5.41 Å². The largest absolute Gasteiger partial charge is 0.277 e. The molecule has 0 atom stereocenters. The van der Waals surface area contributed by atoms with Crippen molar-refractivity contribution in [1.29, 1.82) is 0 Å². The van der Waals surface area contributed by atoms with E-state index in [0.717, 1.165) is 60.8 Å². The molecule has 0 spiro atoms. The first-order valence-electron chi connectivity index (χ1n) is 16.8. The second-order valence-corrected chi connectivity index (χ2v) is 13.6. The van der Waals surface area contributed by atoms with Gasteiger partial charge in [-0.3, -0.25) is 8.97 Å². The number of nitrogens with zero attached hydrogens (tertiary/aromatic N) is 5. The van der Waals surface area contributed by atoms with Crippen LogP contribution in [0.1, 0.15) is 25.0 Å². The van der Waals surface area contributed by atoms with Crippen LogP contribution in [0.15, 0.2) is 140 Å². The third kappa shape index (κ3) is 3.41. The maximum atomic E-state index is 5.55. The van der Waals surface area contributed by atoms with Gasteiger partial charge in [-0.05, 0) is 45.8 Å². The summed E-state index contributed by atoms with van der Waals surface area (Å²) in [6.07, 6.45) is 0. The second kappa shape index (κ2) is 9.39. The van der Waals surface area contributed by atoms with Gasteiger partial charge in [-0.2, -0.15) is 0 Å². The summed E-state index contributed by atoms with van der Waals surface area (Å²) >= 11 is 0. The molecule has 0 saturated heterocycles. The number of pyridine rings is 1. The normalized spacial score (nSPS) is 13.7. The monoisotopic (exact) mass is 627 g/mol. The Labute approximate surface area is 281 Å². The van der Waals surface area contributed by atoms with Gasteiger partial charge >= 0.3 is 0 Å². The Morgan fingerprint density at radius 2 is 1.12 bits per heavy atom. The molecule has 0 radical (unpaired) electrons. The molecule has 0 unspecified atom stereocenters. The Morgan fingerprint density at radius 3 is 1.98 bits per heavy atom. The number of rotatable bonds is 2. The Morgan fingerprint density at radius 1 is 0.490 bits per heavy atom. The number of aromatic nitrogens is 5. The number of hydrogen-bond donors (Lipinski definition) is 0. The van der Waals surface area contributed by atoms with E-state index >= 15 is 0 Å². The zero-order valence-corrected chi connectivity index (χ0v) is 27.0. The molecular weight excluding hydrogens is 599 g/mol. The van der Waals surface area contributed by atoms with Gasteiger partial charge in [0.15, 0.2) is 5.65 Å². The highest BCUT2D eigenvalue weighted by Gasteiger charge is 2.37. The summed E-state index contributed by atoms with van der Waals surface area (Å²) in [6, 6.07) is 49.6. The number of imidazole rings is 1. The fraction of sp³-hybridized carbons (Fsp3) is 0.0682. The van der Waals surface area contributed by atoms with Crippen molar-refractivity contribution in [1.82, 2.24) is 23.9 Å². The van der Waals surface area contributed by atoms with Gasteiger partial charge in [0.05, 0.1) is 22.2 Å². The standard InChI is InChI=1S/C44H29N5/c1-44(2)33-21-9-5-17-29(33)38-32(20-13-22-34(38)44)39-30-18-6-10-23-35(30)45-43(47-39)49-37-25-12-8-19-31(37)40-42(49)48-36-24-11-7-15-27(36)26-14-3-4-16-28(26)41(48)46-40/h3-25H,1-2H3. The van der Waals surface area contributed by atoms with E-state index in [-0.39, 0.29) is 5.41 Å². The first-order valence-corrected chi connectivity index (χ1v) is 16.8. The summed E-state index contributed by atoms with van der Waals surface area (Å²) in [7, 11) is 0. The smallest absolute Gasteiger partial charge is 0.237 e. The molecule has 0 fully saturated rings. The average molecular weight is 628 g/mol. The maximum Gasteiger partial charge on any atom is 0.237 e. The van der Waals surface area contributed by atoms with Crippen LogP contribution in [0.3, 0.4) is 0 Å². The van der Waals surface area contributed by atoms with E-state index in [0.29, 0.717) is 5.95 Å². The Kier molecular flexibility index (Phi) is 5.12. The highest BCUT2D eigenvalue weighted by Crippen LogP contribution is 2.52. The van der Waals surface area contributed by atoms with Gasteiger partial charge in [0.25, 0.3) is 0 Å². The molecule has 0 aliphatic heterocycles. The van der Waals surface area contributed by atoms with Crippen LogP contribution in [0, 0.1) is 0 Å². The Balaban J connectivity index is 1.30. The van der Waals surface area contributed by atoms with E-state index in [1.807, 2.05) is 0 Å². The summed E-state index contributed by atoms with van der Waals surface area (Å²) < 4.78 is 4.53. The highest BCUT2D eigenvalue weighted by molar-refractivity contribution is 6.16. The van der Waals surface area contributed by atoms with Crippen LogP contribution in [0.25, 0.3) is 88.6 Å². The van der Waals surface area contributed by atoms with Gasteiger partial charge in [-0.1, -0.05) is 135 Å². The van der Waals surface area contributed by atoms with E-state index < -0.39 is 0 Å². The predicted molar refractivity (Wildman–Crippen MR) is 201 cm³/mol. The minimum Gasteiger partial charge on any atom is -0.277 e. The molecule has 0 amide bonds. The molecule has 0 bridgehead atoms. The topological polar surface area (TPSA) is 48.0 Å². The van der Waals surface area contributed by atoms with Gasteiger partial charge in [-0.15, -0.1) is 0 Å². The van der Waals surface area contributed by atoms with Crippen LogP contribution in [0.2, 0.25) is 0 Å². The summed E-state index contributed by atoms with van der Waals surface area (Å²) in [5.74, 6) is 0.627. The molecule has 4 aromatic heterocycles. The van der Waals surface area contributed by atoms with E-state index in [1.54, 1.807) is 0 Å². The fourth-order valence-electron chi connectivity index (χ4n) is 8.52. The Hall–Kier alpha value is -6.33. The molecule has 1 aliphatic rings. The van der Waals surface area contributed by atoms with E-state index in [1.165, 1.54) is 33.0 Å². The van der Waals surface area contributed by atoms with Crippen molar-refractivity contribution >= 4 is 60.3 Å². The fourth-order valence-corrected chi connectivity index (χ4v) is 8.52. The van der Waals surface area contributed by atoms with Crippen molar-refractivity contribution in [3.05, 3.63) is 151 Å². The SMILES string of the molecule is CC1(C)c2ccccc2-c2c(-c3nc(-n4c5ccccc5c5nc6c7ccccc7c7ccccc7n6c54)nc4ccccc34)cccc21. The van der Waals surface area contributed by atoms with E-state index in [9.17, 15) is 0 Å². The first-order chi connectivity index (χ1) is 24.1. The lowest BCUT2D eigenvalue weighted by atomic mass is 9.82. The number of hydrogen-bond acceptors (Lipinski definition) is 3. The van der Waals surface area contributed by atoms with Crippen molar-refractivity contribution in [3.8, 4) is 28.3 Å². The van der Waals surface area contributed by atoms with Gasteiger partial charge in [0.1, 0.15) is 11.2 Å². The van der Waals surface area contributed by atoms with Crippen LogP contribution < -0.4 is 0 Å². The molecule has 4 heterocycles. The first kappa shape index (κ1) is 26.7. The molecule has 10 aromatic rings. The molecule has 0 saturated carbocycles. The van der Waals surface area contributed by atoms with Crippen molar-refractivity contribution in [2.75, 3.05) is 0 Å². The van der Waals surface area contributed by atoms with Crippen molar-refractivity contribution in [3.63, 3.8) is 0 Å². The Bertz CT molecular complexity index is 3030. The molecular formula is C44H29N5. The minimum absolute atomic E-state index is 0.114. The molecule has 6 aromatic carbocycles. The predicted octanol–water partition coefficient (Wildman–Crippen LogP) is 10.7. The van der Waals surface area contributed by atoms with E-state index in [2.05, 4.69) is 162 Å². The molecule has 49 heavy (non-hydrogen) atoms. The average Bonchev–Trinajstić information content (AvgIpc) is 3.77. The third-order valence-electron chi connectivity index (χ3n) is 10.7. The van der Waals surface area contributed by atoms with Crippen molar-refractivity contribution < 1.29 is 0 Å².